The number of hydrogen-bond acceptors (Lipinski definition) is 6. The number of carbonyl (C=O) groups is 4. The lowest BCUT2D eigenvalue weighted by Gasteiger charge is -2.29. The van der Waals surface area contributed by atoms with E-state index in [0.717, 1.165) is 0 Å². The summed E-state index contributed by atoms with van der Waals surface area (Å²) in [5, 5.41) is 5.13. The van der Waals surface area contributed by atoms with Crippen molar-refractivity contribution in [2.75, 3.05) is 15.5 Å². The maximum absolute atomic E-state index is 15.5. The fraction of sp³-hybridized carbons (Fsp3) is 0.333. The summed E-state index contributed by atoms with van der Waals surface area (Å²) in [5.74, 6) is -5.76. The molecule has 0 unspecified atom stereocenters. The minimum absolute atomic E-state index is 0.0962. The first kappa shape index (κ1) is 39.7. The normalized spacial score (nSPS) is 16.7. The third kappa shape index (κ3) is 9.05. The number of amides is 4. The average Bonchev–Trinajstić information content (AvgIpc) is 3.54. The summed E-state index contributed by atoms with van der Waals surface area (Å²) in [4.78, 5) is 52.5. The number of ether oxygens (including phenoxy) is 2. The van der Waals surface area contributed by atoms with Crippen LogP contribution >= 0.6 is 69.6 Å². The Labute approximate surface area is 316 Å². The highest BCUT2D eigenvalue weighted by Crippen LogP contribution is 2.65. The van der Waals surface area contributed by atoms with E-state index in [9.17, 15) is 19.2 Å². The number of hydrogen-bond donors (Lipinski definition) is 2. The Morgan fingerprint density at radius 2 is 1.30 bits per heavy atom. The highest BCUT2D eigenvalue weighted by molar-refractivity contribution is 6.54. The van der Waals surface area contributed by atoms with Gasteiger partial charge in [0, 0.05) is 23.7 Å². The van der Waals surface area contributed by atoms with Crippen molar-refractivity contribution in [2.24, 2.45) is 5.92 Å². The van der Waals surface area contributed by atoms with Gasteiger partial charge in [-0.15, -0.1) is 23.2 Å². The van der Waals surface area contributed by atoms with Crippen LogP contribution in [0.25, 0.3) is 0 Å². The minimum atomic E-state index is -1.52. The van der Waals surface area contributed by atoms with Gasteiger partial charge in [0.05, 0.1) is 42.9 Å². The molecule has 1 fully saturated rings. The Balaban J connectivity index is 1.56. The lowest BCUT2D eigenvalue weighted by Crippen LogP contribution is -2.44. The van der Waals surface area contributed by atoms with Crippen LogP contribution < -0.4 is 15.5 Å². The van der Waals surface area contributed by atoms with Crippen molar-refractivity contribution in [3.63, 3.8) is 0 Å². The van der Waals surface area contributed by atoms with Crippen molar-refractivity contribution >= 4 is 111 Å². The fourth-order valence-electron chi connectivity index (χ4n) is 4.70. The predicted octanol–water partition coefficient (Wildman–Crippen LogP) is 11.0. The third-order valence-corrected chi connectivity index (χ3v) is 9.32. The summed E-state index contributed by atoms with van der Waals surface area (Å²) in [7, 11) is 0. The highest BCUT2D eigenvalue weighted by Gasteiger charge is 2.67. The number of nitrogens with one attached hydrogen (secondary N) is 2. The molecule has 0 bridgehead atoms. The standard InChI is InChI=1S/C33H29Cl6F2N3O6/c1-31(2,3)49-29(47)44(30(48)50-32(4,5)6)23-13-20(40)22(12-21(23)41)43-27(45)16-11-15(7-8-17(16)34)42-28(46)25-24(33(25,38)39)14-9-18(35)26(37)19(36)10-14/h7-13,24-25H,1-6H3,(H,42,46)(H,43,45)/t24-,25+/m0/s1. The van der Waals surface area contributed by atoms with E-state index in [0.29, 0.717) is 17.7 Å². The number of rotatable bonds is 6. The molecule has 4 amide bonds. The van der Waals surface area contributed by atoms with Gasteiger partial charge in [-0.05, 0) is 77.4 Å². The monoisotopic (exact) mass is 811 g/mol. The zero-order valence-corrected chi connectivity index (χ0v) is 31.7. The van der Waals surface area contributed by atoms with Crippen LogP contribution in [0.15, 0.2) is 42.5 Å². The van der Waals surface area contributed by atoms with E-state index in [-0.39, 0.29) is 36.2 Å². The van der Waals surface area contributed by atoms with Crippen molar-refractivity contribution in [2.45, 2.75) is 63.0 Å². The van der Waals surface area contributed by atoms with Gasteiger partial charge in [-0.2, -0.15) is 4.90 Å². The average molecular weight is 814 g/mol. The van der Waals surface area contributed by atoms with E-state index in [1.165, 1.54) is 71.9 Å². The molecular weight excluding hydrogens is 785 g/mol. The number of nitrogens with zero attached hydrogens (tertiary/aromatic N) is 1. The van der Waals surface area contributed by atoms with Crippen LogP contribution in [-0.2, 0) is 14.3 Å². The fourth-order valence-corrected chi connectivity index (χ4v) is 6.34. The maximum atomic E-state index is 15.5. The van der Waals surface area contributed by atoms with E-state index < -0.39 is 74.4 Å². The van der Waals surface area contributed by atoms with Gasteiger partial charge in [-0.3, -0.25) is 9.59 Å². The van der Waals surface area contributed by atoms with Crippen molar-refractivity contribution in [1.29, 1.82) is 0 Å². The third-order valence-electron chi connectivity index (χ3n) is 6.86. The smallest absolute Gasteiger partial charge is 0.424 e. The molecule has 0 radical (unpaired) electrons. The Kier molecular flexibility index (Phi) is 11.5. The van der Waals surface area contributed by atoms with Gasteiger partial charge in [-0.25, -0.2) is 18.4 Å². The molecule has 17 heteroatoms. The van der Waals surface area contributed by atoms with Gasteiger partial charge >= 0.3 is 12.2 Å². The molecular formula is C33H29Cl6F2N3O6. The largest absolute Gasteiger partial charge is 0.443 e. The number of imide groups is 1. The molecule has 3 aromatic carbocycles. The minimum Gasteiger partial charge on any atom is -0.443 e. The first-order chi connectivity index (χ1) is 22.9. The number of halogens is 8. The molecule has 1 aliphatic rings. The van der Waals surface area contributed by atoms with Crippen molar-refractivity contribution in [3.8, 4) is 0 Å². The van der Waals surface area contributed by atoms with Crippen molar-refractivity contribution in [3.05, 3.63) is 85.3 Å². The van der Waals surface area contributed by atoms with Crippen LogP contribution in [0.2, 0.25) is 20.1 Å². The molecule has 4 rings (SSSR count). The van der Waals surface area contributed by atoms with E-state index in [4.69, 9.17) is 79.1 Å². The second kappa shape index (κ2) is 14.5. The maximum Gasteiger partial charge on any atom is 0.424 e. The lowest BCUT2D eigenvalue weighted by atomic mass is 10.1. The van der Waals surface area contributed by atoms with Gasteiger partial charge in [0.25, 0.3) is 5.91 Å². The first-order valence-corrected chi connectivity index (χ1v) is 16.9. The molecule has 50 heavy (non-hydrogen) atoms. The summed E-state index contributed by atoms with van der Waals surface area (Å²) >= 11 is 37.4. The van der Waals surface area contributed by atoms with Crippen LogP contribution in [0.5, 0.6) is 0 Å². The Bertz CT molecular complexity index is 1850. The molecule has 0 aromatic heterocycles. The molecule has 0 aliphatic heterocycles. The van der Waals surface area contributed by atoms with Gasteiger partial charge < -0.3 is 20.1 Å². The first-order valence-electron chi connectivity index (χ1n) is 14.6. The zero-order chi connectivity index (χ0) is 37.7. The van der Waals surface area contributed by atoms with Crippen LogP contribution in [0, 0.1) is 17.6 Å². The molecule has 268 valence electrons. The number of anilines is 3. The summed E-state index contributed by atoms with van der Waals surface area (Å²) in [5.41, 5.74) is -3.36. The van der Waals surface area contributed by atoms with E-state index in [2.05, 4.69) is 10.6 Å². The Hall–Kier alpha value is -3.06. The summed E-state index contributed by atoms with van der Waals surface area (Å²) in [6.07, 6.45) is -2.65. The van der Waals surface area contributed by atoms with E-state index in [1.807, 2.05) is 0 Å². The molecule has 9 nitrogen and oxygen atoms in total. The topological polar surface area (TPSA) is 114 Å². The number of carbonyl (C=O) groups excluding carboxylic acids is 4. The highest BCUT2D eigenvalue weighted by atomic mass is 35.5. The summed E-state index contributed by atoms with van der Waals surface area (Å²) < 4.78 is 39.8. The quantitative estimate of drug-likeness (QED) is 0.189. The summed E-state index contributed by atoms with van der Waals surface area (Å²) in [6, 6.07) is 7.97. The molecule has 2 atom stereocenters. The predicted molar refractivity (Wildman–Crippen MR) is 191 cm³/mol. The molecule has 1 aliphatic carbocycles. The second-order valence-corrected chi connectivity index (χ2v) is 16.2. The number of alkyl halides is 2. The Morgan fingerprint density at radius 3 is 1.82 bits per heavy atom. The molecule has 0 saturated heterocycles. The van der Waals surface area contributed by atoms with Crippen molar-refractivity contribution in [1.82, 2.24) is 0 Å². The van der Waals surface area contributed by atoms with Crippen LogP contribution in [0.3, 0.4) is 0 Å². The zero-order valence-electron chi connectivity index (χ0n) is 27.1. The van der Waals surface area contributed by atoms with E-state index >= 15 is 8.78 Å². The lowest BCUT2D eigenvalue weighted by molar-refractivity contribution is -0.117. The van der Waals surface area contributed by atoms with Crippen LogP contribution in [0.1, 0.15) is 63.4 Å². The van der Waals surface area contributed by atoms with Crippen LogP contribution in [0.4, 0.5) is 35.4 Å². The van der Waals surface area contributed by atoms with Gasteiger partial charge in [-0.1, -0.05) is 46.4 Å². The number of benzene rings is 3. The van der Waals surface area contributed by atoms with Gasteiger partial charge in [0.1, 0.15) is 27.2 Å². The van der Waals surface area contributed by atoms with Crippen molar-refractivity contribution < 1.29 is 37.4 Å². The molecule has 3 aromatic rings. The molecule has 1 saturated carbocycles. The molecule has 0 spiro atoms. The Morgan fingerprint density at radius 1 is 0.760 bits per heavy atom. The van der Waals surface area contributed by atoms with E-state index in [1.54, 1.807) is 0 Å². The SMILES string of the molecule is CC(C)(C)OC(=O)N(C(=O)OC(C)(C)C)c1cc(F)c(NC(=O)c2cc(NC(=O)[C@H]3[C@H](c4cc(Cl)c(Cl)c(Cl)c4)C3(Cl)Cl)ccc2Cl)cc1F. The van der Waals surface area contributed by atoms with Gasteiger partial charge in [0.15, 0.2) is 0 Å². The van der Waals surface area contributed by atoms with Crippen LogP contribution in [-0.4, -0.2) is 39.5 Å². The van der Waals surface area contributed by atoms with Gasteiger partial charge in [0.2, 0.25) is 5.91 Å². The molecule has 2 N–H and O–H groups in total. The second-order valence-electron chi connectivity index (χ2n) is 13.1. The molecule has 0 heterocycles. The summed E-state index contributed by atoms with van der Waals surface area (Å²) in [6.45, 7) is 9.08.